The summed E-state index contributed by atoms with van der Waals surface area (Å²) < 4.78 is 31.3. The van der Waals surface area contributed by atoms with Crippen LogP contribution in [0.1, 0.15) is 25.8 Å². The maximum absolute atomic E-state index is 13.5. The molecular formula is C23H29Cl2N3O5S. The molecule has 0 aromatic heterocycles. The molecule has 34 heavy (non-hydrogen) atoms. The second kappa shape index (κ2) is 12.3. The van der Waals surface area contributed by atoms with Crippen LogP contribution in [0.4, 0.5) is 5.69 Å². The van der Waals surface area contributed by atoms with Crippen molar-refractivity contribution in [2.75, 3.05) is 30.8 Å². The van der Waals surface area contributed by atoms with E-state index in [0.29, 0.717) is 23.7 Å². The average molecular weight is 530 g/mol. The summed E-state index contributed by atoms with van der Waals surface area (Å²) >= 11 is 12.2. The van der Waals surface area contributed by atoms with Crippen molar-refractivity contribution in [3.8, 4) is 5.75 Å². The van der Waals surface area contributed by atoms with E-state index in [2.05, 4.69) is 5.32 Å². The molecule has 1 atom stereocenters. The number of nitrogens with zero attached hydrogens (tertiary/aromatic N) is 2. The topological polar surface area (TPSA) is 96.0 Å². The fourth-order valence-corrected chi connectivity index (χ4v) is 4.84. The van der Waals surface area contributed by atoms with Gasteiger partial charge in [-0.05, 0) is 49.2 Å². The highest BCUT2D eigenvalue weighted by Gasteiger charge is 2.32. The van der Waals surface area contributed by atoms with E-state index >= 15 is 0 Å². The number of nitrogens with one attached hydrogen (secondary N) is 1. The monoisotopic (exact) mass is 529 g/mol. The number of rotatable bonds is 11. The molecule has 0 fully saturated rings. The number of carbonyl (C=O) groups excluding carboxylic acids is 2. The zero-order valence-electron chi connectivity index (χ0n) is 19.5. The van der Waals surface area contributed by atoms with Crippen molar-refractivity contribution in [1.29, 1.82) is 0 Å². The number of hydrogen-bond donors (Lipinski definition) is 1. The summed E-state index contributed by atoms with van der Waals surface area (Å²) in [5, 5.41) is 3.16. The van der Waals surface area contributed by atoms with Crippen LogP contribution < -0.4 is 14.4 Å². The Balaban J connectivity index is 2.45. The first kappa shape index (κ1) is 27.8. The Morgan fingerprint density at radius 1 is 1.09 bits per heavy atom. The molecule has 2 rings (SSSR count). The first-order valence-electron chi connectivity index (χ1n) is 10.6. The van der Waals surface area contributed by atoms with Crippen LogP contribution in [0.2, 0.25) is 10.0 Å². The average Bonchev–Trinajstić information content (AvgIpc) is 2.77. The fourth-order valence-electron chi connectivity index (χ4n) is 3.42. The van der Waals surface area contributed by atoms with Gasteiger partial charge in [0.1, 0.15) is 18.3 Å². The van der Waals surface area contributed by atoms with Crippen molar-refractivity contribution < 1.29 is 22.7 Å². The van der Waals surface area contributed by atoms with Crippen LogP contribution in [-0.4, -0.2) is 57.6 Å². The number of carbonyl (C=O) groups is 2. The number of halogens is 2. The van der Waals surface area contributed by atoms with E-state index in [4.69, 9.17) is 27.9 Å². The lowest BCUT2D eigenvalue weighted by Crippen LogP contribution is -2.52. The third-order valence-electron chi connectivity index (χ3n) is 5.11. The lowest BCUT2D eigenvalue weighted by Gasteiger charge is -2.33. The van der Waals surface area contributed by atoms with E-state index in [0.717, 1.165) is 16.1 Å². The maximum atomic E-state index is 13.5. The number of likely N-dealkylation sites (N-methyl/N-ethyl adjacent to an activating group) is 1. The molecule has 0 aliphatic rings. The van der Waals surface area contributed by atoms with Crippen molar-refractivity contribution in [3.05, 3.63) is 58.1 Å². The van der Waals surface area contributed by atoms with Crippen molar-refractivity contribution in [3.63, 3.8) is 0 Å². The van der Waals surface area contributed by atoms with Crippen LogP contribution in [0, 0.1) is 0 Å². The summed E-state index contributed by atoms with van der Waals surface area (Å²) in [6.07, 6.45) is 1.33. The minimum Gasteiger partial charge on any atom is -0.497 e. The SMILES string of the molecule is CCNC(=O)[C@H](CC)N(Cc1ccc(OC)cc1)C(=O)CN(c1ccc(Cl)cc1Cl)S(C)(=O)=O. The van der Waals surface area contributed by atoms with Gasteiger partial charge in [-0.25, -0.2) is 8.42 Å². The van der Waals surface area contributed by atoms with Crippen molar-refractivity contribution in [2.24, 2.45) is 0 Å². The molecule has 8 nitrogen and oxygen atoms in total. The summed E-state index contributed by atoms with van der Waals surface area (Å²) in [7, 11) is -2.34. The molecule has 1 N–H and O–H groups in total. The highest BCUT2D eigenvalue weighted by atomic mass is 35.5. The number of hydrogen-bond acceptors (Lipinski definition) is 5. The zero-order chi connectivity index (χ0) is 25.5. The summed E-state index contributed by atoms with van der Waals surface area (Å²) in [6.45, 7) is 3.54. The van der Waals surface area contributed by atoms with Gasteiger partial charge in [0.25, 0.3) is 0 Å². The smallest absolute Gasteiger partial charge is 0.244 e. The van der Waals surface area contributed by atoms with E-state index in [9.17, 15) is 18.0 Å². The van der Waals surface area contributed by atoms with Gasteiger partial charge < -0.3 is 15.0 Å². The third kappa shape index (κ3) is 7.25. The molecule has 2 aromatic rings. The fraction of sp³-hybridized carbons (Fsp3) is 0.391. The van der Waals surface area contributed by atoms with E-state index in [1.165, 1.54) is 23.1 Å². The van der Waals surface area contributed by atoms with Crippen molar-refractivity contribution in [1.82, 2.24) is 10.2 Å². The standard InChI is InChI=1S/C23H29Cl2N3O5S/c1-5-20(23(30)26-6-2)27(14-16-7-10-18(33-3)11-8-16)22(29)15-28(34(4,31)32)21-12-9-17(24)13-19(21)25/h7-13,20H,5-6,14-15H2,1-4H3,(H,26,30)/t20-/m0/s1. The van der Waals surface area contributed by atoms with E-state index in [-0.39, 0.29) is 23.2 Å². The van der Waals surface area contributed by atoms with Gasteiger partial charge in [-0.2, -0.15) is 0 Å². The van der Waals surface area contributed by atoms with Crippen LogP contribution in [0.5, 0.6) is 5.75 Å². The molecule has 2 amide bonds. The Hall–Kier alpha value is -2.49. The normalized spacial score (nSPS) is 12.1. The highest BCUT2D eigenvalue weighted by molar-refractivity contribution is 7.92. The Kier molecular flexibility index (Phi) is 10.0. The molecule has 0 spiro atoms. The van der Waals surface area contributed by atoms with Crippen LogP contribution in [0.25, 0.3) is 0 Å². The van der Waals surface area contributed by atoms with Gasteiger partial charge in [-0.3, -0.25) is 13.9 Å². The summed E-state index contributed by atoms with van der Waals surface area (Å²) in [5.74, 6) is -0.217. The molecule has 11 heteroatoms. The van der Waals surface area contributed by atoms with Crippen LogP contribution >= 0.6 is 23.2 Å². The maximum Gasteiger partial charge on any atom is 0.244 e. The van der Waals surface area contributed by atoms with E-state index < -0.39 is 28.5 Å². The predicted molar refractivity (Wildman–Crippen MR) is 135 cm³/mol. The molecule has 0 radical (unpaired) electrons. The molecule has 0 heterocycles. The molecule has 0 bridgehead atoms. The third-order valence-corrected chi connectivity index (χ3v) is 6.77. The van der Waals surface area contributed by atoms with Gasteiger partial charge in [-0.1, -0.05) is 42.3 Å². The van der Waals surface area contributed by atoms with Crippen LogP contribution in [0.15, 0.2) is 42.5 Å². The van der Waals surface area contributed by atoms with Gasteiger partial charge in [0.15, 0.2) is 0 Å². The minimum absolute atomic E-state index is 0.0863. The second-order valence-corrected chi connectivity index (χ2v) is 10.3. The van der Waals surface area contributed by atoms with Gasteiger partial charge in [-0.15, -0.1) is 0 Å². The van der Waals surface area contributed by atoms with Gasteiger partial charge >= 0.3 is 0 Å². The molecule has 0 saturated heterocycles. The number of amides is 2. The Morgan fingerprint density at radius 2 is 1.74 bits per heavy atom. The van der Waals surface area contributed by atoms with Gasteiger partial charge in [0.2, 0.25) is 21.8 Å². The van der Waals surface area contributed by atoms with Gasteiger partial charge in [0.05, 0.1) is 24.1 Å². The first-order chi connectivity index (χ1) is 16.0. The molecule has 0 aliphatic heterocycles. The highest BCUT2D eigenvalue weighted by Crippen LogP contribution is 2.30. The second-order valence-electron chi connectivity index (χ2n) is 7.55. The quantitative estimate of drug-likeness (QED) is 0.478. The largest absolute Gasteiger partial charge is 0.497 e. The number of ether oxygens (including phenoxy) is 1. The number of anilines is 1. The zero-order valence-corrected chi connectivity index (χ0v) is 21.9. The summed E-state index contributed by atoms with van der Waals surface area (Å²) in [6, 6.07) is 10.6. The Bertz CT molecular complexity index is 1110. The Labute approximate surface area is 210 Å². The summed E-state index contributed by atoms with van der Waals surface area (Å²) in [4.78, 5) is 27.7. The van der Waals surface area contributed by atoms with Crippen LogP contribution in [0.3, 0.4) is 0 Å². The number of methoxy groups -OCH3 is 1. The lowest BCUT2D eigenvalue weighted by molar-refractivity contribution is -0.140. The molecule has 0 unspecified atom stereocenters. The van der Waals surface area contributed by atoms with Crippen molar-refractivity contribution in [2.45, 2.75) is 32.9 Å². The Morgan fingerprint density at radius 3 is 2.24 bits per heavy atom. The molecule has 2 aromatic carbocycles. The molecule has 0 aliphatic carbocycles. The molecule has 0 saturated carbocycles. The van der Waals surface area contributed by atoms with E-state index in [1.807, 2.05) is 0 Å². The predicted octanol–water partition coefficient (Wildman–Crippen LogP) is 3.71. The summed E-state index contributed by atoms with van der Waals surface area (Å²) in [5.41, 5.74) is 0.879. The molecular weight excluding hydrogens is 501 g/mol. The van der Waals surface area contributed by atoms with Crippen LogP contribution in [-0.2, 0) is 26.2 Å². The van der Waals surface area contributed by atoms with E-state index in [1.54, 1.807) is 45.2 Å². The minimum atomic E-state index is -3.89. The first-order valence-corrected chi connectivity index (χ1v) is 13.2. The van der Waals surface area contributed by atoms with Gasteiger partial charge in [0, 0.05) is 18.1 Å². The van der Waals surface area contributed by atoms with Crippen molar-refractivity contribution >= 4 is 50.7 Å². The lowest BCUT2D eigenvalue weighted by atomic mass is 10.1. The number of sulfonamides is 1. The number of benzene rings is 2. The molecule has 186 valence electrons.